The number of nitrogens with two attached hydrogens (primary N) is 1. The Hall–Kier alpha value is -1.89. The van der Waals surface area contributed by atoms with E-state index in [2.05, 4.69) is 14.8 Å². The molecule has 0 radical (unpaired) electrons. The summed E-state index contributed by atoms with van der Waals surface area (Å²) < 4.78 is 34.1. The van der Waals surface area contributed by atoms with Gasteiger partial charge < -0.3 is 20.5 Å². The fourth-order valence-corrected chi connectivity index (χ4v) is 1.70. The smallest absolute Gasteiger partial charge is 0.395 e. The molecular formula is C12H14F2N2O3. The van der Waals surface area contributed by atoms with Gasteiger partial charge in [0.1, 0.15) is 0 Å². The highest BCUT2D eigenvalue weighted by molar-refractivity contribution is 5.94. The molecule has 1 heterocycles. The van der Waals surface area contributed by atoms with Crippen LogP contribution in [0.5, 0.6) is 11.5 Å². The SMILES string of the molecule is CCC[C@@H](N)C(=O)Nc1ccc2c(c1)OC(F)(F)O2. The zero-order chi connectivity index (χ0) is 14.0. The summed E-state index contributed by atoms with van der Waals surface area (Å²) in [7, 11) is 0. The summed E-state index contributed by atoms with van der Waals surface area (Å²) in [5.74, 6) is -0.555. The van der Waals surface area contributed by atoms with Crippen LogP contribution < -0.4 is 20.5 Å². The average Bonchev–Trinajstić information content (AvgIpc) is 2.62. The van der Waals surface area contributed by atoms with Gasteiger partial charge in [0.15, 0.2) is 11.5 Å². The molecule has 1 aliphatic heterocycles. The number of carbonyl (C=O) groups excluding carboxylic acids is 1. The van der Waals surface area contributed by atoms with Crippen molar-refractivity contribution in [2.45, 2.75) is 32.1 Å². The Morgan fingerprint density at radius 3 is 2.79 bits per heavy atom. The van der Waals surface area contributed by atoms with Gasteiger partial charge in [-0.3, -0.25) is 4.79 Å². The van der Waals surface area contributed by atoms with Crippen LogP contribution >= 0.6 is 0 Å². The van der Waals surface area contributed by atoms with E-state index in [1.807, 2.05) is 6.92 Å². The number of rotatable bonds is 4. The second kappa shape index (κ2) is 5.00. The van der Waals surface area contributed by atoms with E-state index in [1.165, 1.54) is 18.2 Å². The third-order valence-electron chi connectivity index (χ3n) is 2.61. The molecule has 0 unspecified atom stereocenters. The third-order valence-corrected chi connectivity index (χ3v) is 2.61. The molecule has 3 N–H and O–H groups in total. The van der Waals surface area contributed by atoms with E-state index in [0.717, 1.165) is 6.42 Å². The topological polar surface area (TPSA) is 73.6 Å². The van der Waals surface area contributed by atoms with E-state index in [0.29, 0.717) is 12.1 Å². The molecule has 1 amide bonds. The van der Waals surface area contributed by atoms with Crippen molar-refractivity contribution in [3.8, 4) is 11.5 Å². The molecule has 1 aromatic carbocycles. The maximum atomic E-state index is 12.8. The number of carbonyl (C=O) groups is 1. The first-order chi connectivity index (χ1) is 8.91. The summed E-state index contributed by atoms with van der Waals surface area (Å²) in [6, 6.07) is 3.39. The second-order valence-corrected chi connectivity index (χ2v) is 4.21. The summed E-state index contributed by atoms with van der Waals surface area (Å²) in [5.41, 5.74) is 5.97. The molecule has 0 saturated carbocycles. The Labute approximate surface area is 108 Å². The molecular weight excluding hydrogens is 258 g/mol. The summed E-state index contributed by atoms with van der Waals surface area (Å²) in [6.45, 7) is 1.91. The molecule has 2 rings (SSSR count). The molecule has 1 aliphatic rings. The number of alkyl halides is 2. The maximum Gasteiger partial charge on any atom is 0.586 e. The van der Waals surface area contributed by atoms with Gasteiger partial charge in [-0.05, 0) is 18.6 Å². The quantitative estimate of drug-likeness (QED) is 0.880. The summed E-state index contributed by atoms with van der Waals surface area (Å²) in [6.07, 6.45) is -2.33. The Bertz CT molecular complexity index is 494. The first-order valence-corrected chi connectivity index (χ1v) is 5.87. The van der Waals surface area contributed by atoms with Crippen LogP contribution in [-0.2, 0) is 4.79 Å². The Morgan fingerprint density at radius 2 is 2.11 bits per heavy atom. The molecule has 0 aromatic heterocycles. The van der Waals surface area contributed by atoms with Crippen molar-refractivity contribution in [2.24, 2.45) is 5.73 Å². The van der Waals surface area contributed by atoms with Gasteiger partial charge in [0, 0.05) is 11.8 Å². The first-order valence-electron chi connectivity index (χ1n) is 5.87. The predicted octanol–water partition coefficient (Wildman–Crippen LogP) is 2.07. The summed E-state index contributed by atoms with van der Waals surface area (Å²) in [4.78, 5) is 11.7. The number of hydrogen-bond donors (Lipinski definition) is 2. The monoisotopic (exact) mass is 272 g/mol. The van der Waals surface area contributed by atoms with E-state index in [-0.39, 0.29) is 17.4 Å². The number of hydrogen-bond acceptors (Lipinski definition) is 4. The van der Waals surface area contributed by atoms with Gasteiger partial charge in [-0.15, -0.1) is 8.78 Å². The number of benzene rings is 1. The zero-order valence-electron chi connectivity index (χ0n) is 10.3. The number of fused-ring (bicyclic) bond motifs is 1. The Morgan fingerprint density at radius 1 is 1.42 bits per heavy atom. The van der Waals surface area contributed by atoms with Crippen LogP contribution in [0.4, 0.5) is 14.5 Å². The van der Waals surface area contributed by atoms with Crippen LogP contribution in [0.1, 0.15) is 19.8 Å². The minimum Gasteiger partial charge on any atom is -0.395 e. The Kier molecular flexibility index (Phi) is 3.57. The van der Waals surface area contributed by atoms with Crippen molar-refractivity contribution in [1.29, 1.82) is 0 Å². The number of amides is 1. The Balaban J connectivity index is 2.06. The van der Waals surface area contributed by atoms with Gasteiger partial charge in [-0.25, -0.2) is 0 Å². The lowest BCUT2D eigenvalue weighted by Crippen LogP contribution is -2.35. The fourth-order valence-electron chi connectivity index (χ4n) is 1.70. The lowest BCUT2D eigenvalue weighted by Gasteiger charge is -2.11. The minimum absolute atomic E-state index is 0.0687. The van der Waals surface area contributed by atoms with Crippen LogP contribution in [0.2, 0.25) is 0 Å². The standard InChI is InChI=1S/C12H14F2N2O3/c1-2-3-8(15)11(17)16-7-4-5-9-10(6-7)19-12(13,14)18-9/h4-6,8H,2-3,15H2,1H3,(H,16,17)/t8-/m1/s1. The molecule has 0 saturated heterocycles. The van der Waals surface area contributed by atoms with E-state index < -0.39 is 12.3 Å². The van der Waals surface area contributed by atoms with Gasteiger partial charge in [0.2, 0.25) is 5.91 Å². The number of nitrogens with one attached hydrogen (secondary N) is 1. The zero-order valence-corrected chi connectivity index (χ0v) is 10.3. The molecule has 5 nitrogen and oxygen atoms in total. The van der Waals surface area contributed by atoms with E-state index >= 15 is 0 Å². The van der Waals surface area contributed by atoms with Crippen LogP contribution in [0.3, 0.4) is 0 Å². The van der Waals surface area contributed by atoms with Gasteiger partial charge >= 0.3 is 6.29 Å². The first kappa shape index (κ1) is 13.5. The predicted molar refractivity (Wildman–Crippen MR) is 64.2 cm³/mol. The van der Waals surface area contributed by atoms with E-state index in [9.17, 15) is 13.6 Å². The lowest BCUT2D eigenvalue weighted by atomic mass is 10.1. The van der Waals surface area contributed by atoms with Crippen molar-refractivity contribution in [1.82, 2.24) is 0 Å². The molecule has 0 fully saturated rings. The van der Waals surface area contributed by atoms with Gasteiger partial charge in [-0.1, -0.05) is 13.3 Å². The second-order valence-electron chi connectivity index (χ2n) is 4.21. The number of ether oxygens (including phenoxy) is 2. The van der Waals surface area contributed by atoms with Gasteiger partial charge in [-0.2, -0.15) is 0 Å². The van der Waals surface area contributed by atoms with Crippen molar-refractivity contribution >= 4 is 11.6 Å². The number of halogens is 2. The summed E-state index contributed by atoms with van der Waals surface area (Å²) in [5, 5.41) is 2.54. The summed E-state index contributed by atoms with van der Waals surface area (Å²) >= 11 is 0. The molecule has 0 bridgehead atoms. The fraction of sp³-hybridized carbons (Fsp3) is 0.417. The van der Waals surface area contributed by atoms with E-state index in [4.69, 9.17) is 5.73 Å². The average molecular weight is 272 g/mol. The highest BCUT2D eigenvalue weighted by atomic mass is 19.3. The van der Waals surface area contributed by atoms with Crippen LogP contribution in [0, 0.1) is 0 Å². The normalized spacial score (nSPS) is 17.1. The molecule has 1 aromatic rings. The van der Waals surface area contributed by atoms with Crippen LogP contribution in [0.25, 0.3) is 0 Å². The molecule has 0 aliphatic carbocycles. The largest absolute Gasteiger partial charge is 0.586 e. The number of anilines is 1. The highest BCUT2D eigenvalue weighted by Gasteiger charge is 2.43. The molecule has 0 spiro atoms. The molecule has 1 atom stereocenters. The van der Waals surface area contributed by atoms with Crippen molar-refractivity contribution < 1.29 is 23.0 Å². The molecule has 104 valence electrons. The van der Waals surface area contributed by atoms with Crippen molar-refractivity contribution in [2.75, 3.05) is 5.32 Å². The molecule has 7 heteroatoms. The highest BCUT2D eigenvalue weighted by Crippen LogP contribution is 2.42. The lowest BCUT2D eigenvalue weighted by molar-refractivity contribution is -0.286. The van der Waals surface area contributed by atoms with Crippen LogP contribution in [0.15, 0.2) is 18.2 Å². The van der Waals surface area contributed by atoms with E-state index in [1.54, 1.807) is 0 Å². The van der Waals surface area contributed by atoms with Crippen molar-refractivity contribution in [3.05, 3.63) is 18.2 Å². The van der Waals surface area contributed by atoms with Crippen molar-refractivity contribution in [3.63, 3.8) is 0 Å². The maximum absolute atomic E-state index is 12.8. The van der Waals surface area contributed by atoms with Gasteiger partial charge in [0.25, 0.3) is 0 Å². The van der Waals surface area contributed by atoms with Crippen LogP contribution in [-0.4, -0.2) is 18.2 Å². The third kappa shape index (κ3) is 3.11. The minimum atomic E-state index is -3.66. The molecule has 19 heavy (non-hydrogen) atoms. The van der Waals surface area contributed by atoms with Gasteiger partial charge in [0.05, 0.1) is 6.04 Å².